The number of carbonyl (C=O) groups is 1. The zero-order valence-electron chi connectivity index (χ0n) is 9.04. The zero-order chi connectivity index (χ0) is 10.8. The maximum Gasteiger partial charge on any atom is 0.323 e. The van der Waals surface area contributed by atoms with Crippen LogP contribution in [0.3, 0.4) is 0 Å². The Bertz CT molecular complexity index is 210. The summed E-state index contributed by atoms with van der Waals surface area (Å²) in [6.45, 7) is 6.38. The number of carbonyl (C=O) groups excluding carboxylic acids is 1. The van der Waals surface area contributed by atoms with Gasteiger partial charge in [0.1, 0.15) is 11.6 Å². The van der Waals surface area contributed by atoms with E-state index in [1.165, 1.54) is 0 Å². The van der Waals surface area contributed by atoms with Crippen LogP contribution in [0.4, 0.5) is 0 Å². The van der Waals surface area contributed by atoms with E-state index in [0.717, 1.165) is 0 Å². The zero-order valence-corrected chi connectivity index (χ0v) is 9.04. The number of hydrogen-bond donors (Lipinski definition) is 2. The molecule has 1 saturated heterocycles. The lowest BCUT2D eigenvalue weighted by atomic mass is 10.1. The molecule has 0 radical (unpaired) electrons. The first-order chi connectivity index (χ1) is 6.42. The maximum atomic E-state index is 11.6. The van der Waals surface area contributed by atoms with Crippen LogP contribution in [-0.2, 0) is 9.53 Å². The van der Waals surface area contributed by atoms with Crippen molar-refractivity contribution in [3.8, 4) is 0 Å². The highest BCUT2D eigenvalue weighted by atomic mass is 16.6. The molecule has 1 aliphatic rings. The van der Waals surface area contributed by atoms with E-state index in [1.807, 2.05) is 20.8 Å². The van der Waals surface area contributed by atoms with Crippen LogP contribution in [0.5, 0.6) is 0 Å². The normalized spacial score (nSPS) is 27.7. The molecule has 0 aromatic heterocycles. The molecule has 2 atom stereocenters. The molecule has 14 heavy (non-hydrogen) atoms. The number of aliphatic hydroxyl groups is 1. The molecule has 0 aromatic carbocycles. The van der Waals surface area contributed by atoms with Crippen molar-refractivity contribution in [3.63, 3.8) is 0 Å². The predicted octanol–water partition coefficient (Wildman–Crippen LogP) is 0.299. The first-order valence-electron chi connectivity index (χ1n) is 4.99. The molecule has 0 unspecified atom stereocenters. The van der Waals surface area contributed by atoms with Gasteiger partial charge in [0.05, 0.1) is 0 Å². The Morgan fingerprint density at radius 1 is 1.57 bits per heavy atom. The third-order valence-corrected chi connectivity index (χ3v) is 2.17. The fraction of sp³-hybridized carbons (Fsp3) is 0.900. The van der Waals surface area contributed by atoms with Crippen molar-refractivity contribution in [1.82, 2.24) is 5.32 Å². The smallest absolute Gasteiger partial charge is 0.323 e. The highest BCUT2D eigenvalue weighted by Gasteiger charge is 2.32. The van der Waals surface area contributed by atoms with Gasteiger partial charge < -0.3 is 15.2 Å². The van der Waals surface area contributed by atoms with E-state index in [2.05, 4.69) is 5.32 Å². The van der Waals surface area contributed by atoms with Gasteiger partial charge in [0.25, 0.3) is 0 Å². The van der Waals surface area contributed by atoms with Crippen molar-refractivity contribution < 1.29 is 14.6 Å². The molecule has 0 spiro atoms. The first kappa shape index (κ1) is 11.5. The number of aliphatic hydroxyl groups excluding tert-OH is 1. The standard InChI is InChI=1S/C10H19NO3/c1-10(2,3)14-9(13)8-4-7(6-12)5-11-8/h7-8,11-12H,4-6H2,1-3H3/t7-,8-/m1/s1. The van der Waals surface area contributed by atoms with Gasteiger partial charge in [-0.25, -0.2) is 0 Å². The monoisotopic (exact) mass is 201 g/mol. The van der Waals surface area contributed by atoms with Crippen LogP contribution >= 0.6 is 0 Å². The summed E-state index contributed by atoms with van der Waals surface area (Å²) in [4.78, 5) is 11.6. The van der Waals surface area contributed by atoms with Gasteiger partial charge in [-0.2, -0.15) is 0 Å². The van der Waals surface area contributed by atoms with Gasteiger partial charge in [0.15, 0.2) is 0 Å². The molecule has 4 nitrogen and oxygen atoms in total. The molecular weight excluding hydrogens is 182 g/mol. The molecule has 82 valence electrons. The van der Waals surface area contributed by atoms with E-state index in [1.54, 1.807) is 0 Å². The van der Waals surface area contributed by atoms with Gasteiger partial charge in [0, 0.05) is 13.2 Å². The Kier molecular flexibility index (Phi) is 3.50. The number of hydrogen-bond acceptors (Lipinski definition) is 4. The molecule has 4 heteroatoms. The minimum absolute atomic E-state index is 0.131. The molecule has 0 amide bonds. The summed E-state index contributed by atoms with van der Waals surface area (Å²) in [5.41, 5.74) is -0.434. The second kappa shape index (κ2) is 4.28. The average molecular weight is 201 g/mol. The lowest BCUT2D eigenvalue weighted by molar-refractivity contribution is -0.157. The Balaban J connectivity index is 2.40. The van der Waals surface area contributed by atoms with Gasteiger partial charge >= 0.3 is 5.97 Å². The lowest BCUT2D eigenvalue weighted by Gasteiger charge is -2.22. The van der Waals surface area contributed by atoms with Crippen molar-refractivity contribution in [2.24, 2.45) is 5.92 Å². The fourth-order valence-corrected chi connectivity index (χ4v) is 1.50. The van der Waals surface area contributed by atoms with Crippen LogP contribution in [-0.4, -0.2) is 35.9 Å². The topological polar surface area (TPSA) is 58.6 Å². The van der Waals surface area contributed by atoms with E-state index in [0.29, 0.717) is 13.0 Å². The summed E-state index contributed by atoms with van der Waals surface area (Å²) < 4.78 is 5.23. The summed E-state index contributed by atoms with van der Waals surface area (Å²) in [7, 11) is 0. The third-order valence-electron chi connectivity index (χ3n) is 2.17. The van der Waals surface area contributed by atoms with Gasteiger partial charge in [-0.1, -0.05) is 0 Å². The van der Waals surface area contributed by atoms with E-state index in [-0.39, 0.29) is 24.5 Å². The van der Waals surface area contributed by atoms with Crippen LogP contribution in [0.2, 0.25) is 0 Å². The Morgan fingerprint density at radius 2 is 2.21 bits per heavy atom. The average Bonchev–Trinajstić information content (AvgIpc) is 2.48. The SMILES string of the molecule is CC(C)(C)OC(=O)[C@H]1C[C@@H](CO)CN1. The van der Waals surface area contributed by atoms with Crippen molar-refractivity contribution in [2.75, 3.05) is 13.2 Å². The summed E-state index contributed by atoms with van der Waals surface area (Å²) in [6.07, 6.45) is 0.672. The van der Waals surface area contributed by atoms with Crippen molar-refractivity contribution >= 4 is 5.97 Å². The van der Waals surface area contributed by atoms with E-state index < -0.39 is 5.60 Å². The second-order valence-electron chi connectivity index (χ2n) is 4.78. The molecular formula is C10H19NO3. The summed E-state index contributed by atoms with van der Waals surface area (Å²) in [6, 6.07) is -0.244. The lowest BCUT2D eigenvalue weighted by Crippen LogP contribution is -2.37. The number of nitrogens with one attached hydrogen (secondary N) is 1. The fourth-order valence-electron chi connectivity index (χ4n) is 1.50. The molecule has 1 rings (SSSR count). The highest BCUT2D eigenvalue weighted by Crippen LogP contribution is 2.17. The number of esters is 1. The molecule has 1 aliphatic heterocycles. The molecule has 2 N–H and O–H groups in total. The van der Waals surface area contributed by atoms with Gasteiger partial charge in [-0.3, -0.25) is 4.79 Å². The summed E-state index contributed by atoms with van der Waals surface area (Å²) in [5.74, 6) is -0.0269. The highest BCUT2D eigenvalue weighted by molar-refractivity contribution is 5.76. The van der Waals surface area contributed by atoms with Crippen molar-refractivity contribution in [2.45, 2.75) is 38.8 Å². The number of ether oxygens (including phenoxy) is 1. The van der Waals surface area contributed by atoms with Crippen molar-refractivity contribution in [3.05, 3.63) is 0 Å². The van der Waals surface area contributed by atoms with Gasteiger partial charge in [-0.15, -0.1) is 0 Å². The van der Waals surface area contributed by atoms with Crippen LogP contribution in [0.1, 0.15) is 27.2 Å². The van der Waals surface area contributed by atoms with Crippen LogP contribution in [0, 0.1) is 5.92 Å². The largest absolute Gasteiger partial charge is 0.459 e. The van der Waals surface area contributed by atoms with Gasteiger partial charge in [0.2, 0.25) is 0 Å². The molecule has 0 bridgehead atoms. The Hall–Kier alpha value is -0.610. The minimum atomic E-state index is -0.434. The first-order valence-corrected chi connectivity index (χ1v) is 4.99. The molecule has 0 aliphatic carbocycles. The van der Waals surface area contributed by atoms with Crippen molar-refractivity contribution in [1.29, 1.82) is 0 Å². The maximum absolute atomic E-state index is 11.6. The van der Waals surface area contributed by atoms with E-state index in [4.69, 9.17) is 9.84 Å². The second-order valence-corrected chi connectivity index (χ2v) is 4.78. The third kappa shape index (κ3) is 3.27. The molecule has 1 fully saturated rings. The molecule has 1 heterocycles. The van der Waals surface area contributed by atoms with E-state index in [9.17, 15) is 4.79 Å². The summed E-state index contributed by atoms with van der Waals surface area (Å²) in [5, 5.41) is 12.0. The van der Waals surface area contributed by atoms with Crippen LogP contribution < -0.4 is 5.32 Å². The van der Waals surface area contributed by atoms with Gasteiger partial charge in [-0.05, 0) is 33.1 Å². The molecule has 0 aromatic rings. The molecule has 0 saturated carbocycles. The van der Waals surface area contributed by atoms with E-state index >= 15 is 0 Å². The summed E-state index contributed by atoms with van der Waals surface area (Å²) >= 11 is 0. The number of rotatable bonds is 2. The predicted molar refractivity (Wildman–Crippen MR) is 52.8 cm³/mol. The van der Waals surface area contributed by atoms with Crippen LogP contribution in [0.15, 0.2) is 0 Å². The Labute approximate surface area is 84.6 Å². The quantitative estimate of drug-likeness (QED) is 0.631. The minimum Gasteiger partial charge on any atom is -0.459 e. The van der Waals surface area contributed by atoms with Crippen LogP contribution in [0.25, 0.3) is 0 Å². The Morgan fingerprint density at radius 3 is 2.64 bits per heavy atom.